The molecule has 0 radical (unpaired) electrons. The summed E-state index contributed by atoms with van der Waals surface area (Å²) in [5.41, 5.74) is 1.84. The summed E-state index contributed by atoms with van der Waals surface area (Å²) in [4.78, 5) is 0. The van der Waals surface area contributed by atoms with Gasteiger partial charge in [-0.15, -0.1) is 0 Å². The van der Waals surface area contributed by atoms with Gasteiger partial charge in [0.1, 0.15) is 0 Å². The third-order valence-electron chi connectivity index (χ3n) is 8.36. The Morgan fingerprint density at radius 1 is 1.10 bits per heavy atom. The Balaban J connectivity index is 1.94. The lowest BCUT2D eigenvalue weighted by Gasteiger charge is -2.57. The molecular formula is C27H48O2Si. The topological polar surface area (TPSA) is 18.5 Å². The molecule has 3 aliphatic rings. The number of rotatable bonds is 8. The first-order chi connectivity index (χ1) is 13.9. The Labute approximate surface area is 188 Å². The Bertz CT molecular complexity index is 665. The monoisotopic (exact) mass is 432 g/mol. The number of hydrogen-bond donors (Lipinski definition) is 0. The van der Waals surface area contributed by atoms with Gasteiger partial charge < -0.3 is 9.16 Å². The van der Waals surface area contributed by atoms with E-state index in [0.29, 0.717) is 23.9 Å². The normalized spacial score (nSPS) is 34.1. The SMILES string of the molecule is CC(C)C/C=C(\OC1CCCCC1)[C@@H](C)C1=C(O[Si](C)(C)C)C[C@H]2C(C)C(C)[C@]12C. The van der Waals surface area contributed by atoms with Crippen LogP contribution in [0.25, 0.3) is 0 Å². The molecule has 2 fully saturated rings. The molecule has 0 aromatic carbocycles. The third kappa shape index (κ3) is 4.71. The van der Waals surface area contributed by atoms with E-state index in [1.165, 1.54) is 43.6 Å². The van der Waals surface area contributed by atoms with Crippen LogP contribution in [-0.4, -0.2) is 14.4 Å². The summed E-state index contributed by atoms with van der Waals surface area (Å²) in [6, 6.07) is 0. The number of fused-ring (bicyclic) bond motifs is 1. The molecule has 2 nitrogen and oxygen atoms in total. The molecule has 0 amide bonds. The molecule has 172 valence electrons. The van der Waals surface area contributed by atoms with Crippen molar-refractivity contribution in [2.75, 3.05) is 0 Å². The van der Waals surface area contributed by atoms with E-state index in [2.05, 4.69) is 67.3 Å². The van der Waals surface area contributed by atoms with Crippen LogP contribution >= 0.6 is 0 Å². The van der Waals surface area contributed by atoms with Crippen molar-refractivity contribution < 1.29 is 9.16 Å². The second kappa shape index (κ2) is 9.04. The van der Waals surface area contributed by atoms with Crippen molar-refractivity contribution >= 4 is 8.32 Å². The van der Waals surface area contributed by atoms with Crippen molar-refractivity contribution in [3.63, 3.8) is 0 Å². The van der Waals surface area contributed by atoms with Gasteiger partial charge >= 0.3 is 0 Å². The highest BCUT2D eigenvalue weighted by Gasteiger charge is 2.62. The quantitative estimate of drug-likeness (QED) is 0.283. The third-order valence-corrected chi connectivity index (χ3v) is 9.22. The molecule has 0 aromatic rings. The molecule has 30 heavy (non-hydrogen) atoms. The van der Waals surface area contributed by atoms with Crippen LogP contribution in [0.5, 0.6) is 0 Å². The van der Waals surface area contributed by atoms with Gasteiger partial charge in [-0.05, 0) is 92.5 Å². The fourth-order valence-electron chi connectivity index (χ4n) is 6.48. The van der Waals surface area contributed by atoms with Crippen molar-refractivity contribution in [1.29, 1.82) is 0 Å². The van der Waals surface area contributed by atoms with E-state index >= 15 is 0 Å². The molecule has 3 heteroatoms. The maximum Gasteiger partial charge on any atom is 0.241 e. The fourth-order valence-corrected chi connectivity index (χ4v) is 7.42. The lowest BCUT2D eigenvalue weighted by Crippen LogP contribution is -2.52. The van der Waals surface area contributed by atoms with Gasteiger partial charge in [-0.25, -0.2) is 0 Å². The van der Waals surface area contributed by atoms with Crippen LogP contribution in [0.15, 0.2) is 23.2 Å². The Kier molecular flexibility index (Phi) is 7.22. The molecule has 3 aliphatic carbocycles. The summed E-state index contributed by atoms with van der Waals surface area (Å²) >= 11 is 0. The van der Waals surface area contributed by atoms with Gasteiger partial charge in [0.05, 0.1) is 17.6 Å². The van der Waals surface area contributed by atoms with Crippen molar-refractivity contribution in [2.45, 2.75) is 112 Å². The molecule has 0 N–H and O–H groups in total. The lowest BCUT2D eigenvalue weighted by atomic mass is 9.47. The van der Waals surface area contributed by atoms with Crippen molar-refractivity contribution in [2.24, 2.45) is 35.0 Å². The molecule has 2 unspecified atom stereocenters. The molecule has 0 aromatic heterocycles. The number of allylic oxidation sites excluding steroid dienone is 3. The van der Waals surface area contributed by atoms with Crippen molar-refractivity contribution in [3.05, 3.63) is 23.2 Å². The lowest BCUT2D eigenvalue weighted by molar-refractivity contribution is -0.0540. The molecular weight excluding hydrogens is 384 g/mol. The predicted molar refractivity (Wildman–Crippen MR) is 131 cm³/mol. The van der Waals surface area contributed by atoms with Crippen LogP contribution in [0.4, 0.5) is 0 Å². The maximum atomic E-state index is 6.79. The van der Waals surface area contributed by atoms with Gasteiger partial charge in [0.15, 0.2) is 0 Å². The minimum Gasteiger partial charge on any atom is -0.547 e. The van der Waals surface area contributed by atoms with E-state index in [0.717, 1.165) is 24.7 Å². The first kappa shape index (κ1) is 23.9. The highest BCUT2D eigenvalue weighted by atomic mass is 28.4. The van der Waals surface area contributed by atoms with Gasteiger partial charge in [-0.3, -0.25) is 0 Å². The van der Waals surface area contributed by atoms with Crippen LogP contribution < -0.4 is 0 Å². The summed E-state index contributed by atoms with van der Waals surface area (Å²) in [5.74, 6) is 5.76. The fraction of sp³-hybridized carbons (Fsp3) is 0.852. The Morgan fingerprint density at radius 3 is 2.30 bits per heavy atom. The van der Waals surface area contributed by atoms with E-state index in [4.69, 9.17) is 9.16 Å². The van der Waals surface area contributed by atoms with Crippen LogP contribution in [0.1, 0.15) is 86.5 Å². The van der Waals surface area contributed by atoms with E-state index < -0.39 is 8.32 Å². The molecule has 0 saturated heterocycles. The van der Waals surface area contributed by atoms with Gasteiger partial charge in [-0.2, -0.15) is 0 Å². The molecule has 2 saturated carbocycles. The summed E-state index contributed by atoms with van der Waals surface area (Å²) in [6.07, 6.45) is 11.5. The standard InChI is InChI=1S/C27H48O2Si/c1-18(2)15-16-24(28-22-13-11-10-12-14-22)20(4)26-25(29-30(7,8)9)17-23-19(3)21(5)27(23,26)6/h16,18-23H,10-15,17H2,1-9H3/b24-16-/t19?,20-,21?,23+,27+/m1/s1. The van der Waals surface area contributed by atoms with Crippen molar-refractivity contribution in [3.8, 4) is 0 Å². The average molecular weight is 433 g/mol. The van der Waals surface area contributed by atoms with Crippen LogP contribution in [0.3, 0.4) is 0 Å². The molecule has 0 heterocycles. The maximum absolute atomic E-state index is 6.79. The van der Waals surface area contributed by atoms with E-state index in [1.807, 2.05) is 0 Å². The Hall–Kier alpha value is -0.703. The van der Waals surface area contributed by atoms with Crippen molar-refractivity contribution in [1.82, 2.24) is 0 Å². The molecule has 0 aliphatic heterocycles. The minimum absolute atomic E-state index is 0.265. The van der Waals surface area contributed by atoms with Gasteiger partial charge in [0, 0.05) is 12.3 Å². The zero-order valence-electron chi connectivity index (χ0n) is 21.3. The first-order valence-corrected chi connectivity index (χ1v) is 16.1. The molecule has 0 bridgehead atoms. The number of ether oxygens (including phenoxy) is 1. The zero-order chi connectivity index (χ0) is 22.3. The van der Waals surface area contributed by atoms with Crippen LogP contribution in [0.2, 0.25) is 19.6 Å². The average Bonchev–Trinajstić information content (AvgIpc) is 2.92. The number of hydrogen-bond acceptors (Lipinski definition) is 2. The van der Waals surface area contributed by atoms with E-state index in [1.54, 1.807) is 5.57 Å². The predicted octanol–water partition coefficient (Wildman–Crippen LogP) is 8.32. The smallest absolute Gasteiger partial charge is 0.241 e. The van der Waals surface area contributed by atoms with Gasteiger partial charge in [-0.1, -0.05) is 48.0 Å². The Morgan fingerprint density at radius 2 is 1.73 bits per heavy atom. The van der Waals surface area contributed by atoms with Gasteiger partial charge in [0.25, 0.3) is 0 Å². The van der Waals surface area contributed by atoms with Crippen LogP contribution in [-0.2, 0) is 9.16 Å². The molecule has 3 rings (SSSR count). The van der Waals surface area contributed by atoms with E-state index in [-0.39, 0.29) is 5.41 Å². The highest BCUT2D eigenvalue weighted by Crippen LogP contribution is 2.68. The second-order valence-corrected chi connectivity index (χ2v) is 16.6. The molecule has 5 atom stereocenters. The zero-order valence-corrected chi connectivity index (χ0v) is 22.3. The van der Waals surface area contributed by atoms with Crippen LogP contribution in [0, 0.1) is 35.0 Å². The molecule has 0 spiro atoms. The second-order valence-electron chi connectivity index (χ2n) is 12.1. The summed E-state index contributed by atoms with van der Waals surface area (Å²) in [5, 5.41) is 0. The first-order valence-electron chi connectivity index (χ1n) is 12.7. The largest absolute Gasteiger partial charge is 0.547 e. The van der Waals surface area contributed by atoms with Gasteiger partial charge in [0.2, 0.25) is 8.32 Å². The summed E-state index contributed by atoms with van der Waals surface area (Å²) < 4.78 is 13.6. The summed E-state index contributed by atoms with van der Waals surface area (Å²) in [7, 11) is -1.65. The minimum atomic E-state index is -1.65. The van der Waals surface area contributed by atoms with E-state index in [9.17, 15) is 0 Å². The summed E-state index contributed by atoms with van der Waals surface area (Å²) in [6.45, 7) is 21.4. The highest BCUT2D eigenvalue weighted by molar-refractivity contribution is 6.70.